The van der Waals surface area contributed by atoms with E-state index in [4.69, 9.17) is 11.2 Å². The predicted molar refractivity (Wildman–Crippen MR) is 139 cm³/mol. The van der Waals surface area contributed by atoms with Crippen LogP contribution in [0.4, 0.5) is 20.8 Å². The molecular formula is C28H26FN5O2. The Hall–Kier alpha value is -4.51. The van der Waals surface area contributed by atoms with Gasteiger partial charge in [0.05, 0.1) is 5.69 Å². The van der Waals surface area contributed by atoms with Gasteiger partial charge in [0.2, 0.25) is 5.95 Å². The van der Waals surface area contributed by atoms with Crippen LogP contribution >= 0.6 is 0 Å². The fraction of sp³-hybridized carbons (Fsp3) is 0.214. The van der Waals surface area contributed by atoms with Gasteiger partial charge in [0, 0.05) is 35.8 Å². The molecule has 4 rings (SSSR count). The predicted octanol–water partition coefficient (Wildman–Crippen LogP) is 6.27. The third kappa shape index (κ3) is 5.94. The molecule has 2 aromatic heterocycles. The molecule has 0 saturated heterocycles. The van der Waals surface area contributed by atoms with Crippen LogP contribution in [-0.4, -0.2) is 27.6 Å². The molecule has 1 amide bonds. The molecule has 0 aliphatic heterocycles. The summed E-state index contributed by atoms with van der Waals surface area (Å²) >= 11 is 0. The number of para-hydroxylation sites is 1. The number of anilines is 2. The van der Waals surface area contributed by atoms with E-state index < -0.39 is 11.9 Å². The summed E-state index contributed by atoms with van der Waals surface area (Å²) in [6.45, 7) is 4.39. The standard InChI is InChI=1S/C28H26FN5O2/c1-4-5-6-10-13-30-27-31-17-20-15-23(19(3)32-26(20)34-27)22-16-25(24(29)14-18(22)2)33-28(35)36-21-11-8-7-9-12-21/h1,7-9,11-12,14-17H,5-6,10,13H2,2-3H3,(H,33,35)(H,30,31,32,34). The van der Waals surface area contributed by atoms with Crippen LogP contribution in [0, 0.1) is 32.0 Å². The maximum Gasteiger partial charge on any atom is 0.417 e. The lowest BCUT2D eigenvalue weighted by molar-refractivity contribution is 0.215. The highest BCUT2D eigenvalue weighted by Gasteiger charge is 2.16. The molecule has 0 saturated carbocycles. The first-order valence-corrected chi connectivity index (χ1v) is 11.6. The van der Waals surface area contributed by atoms with Gasteiger partial charge in [0.25, 0.3) is 0 Å². The molecule has 182 valence electrons. The average molecular weight is 484 g/mol. The molecule has 2 heterocycles. The zero-order valence-electron chi connectivity index (χ0n) is 20.1. The Kier molecular flexibility index (Phi) is 7.71. The summed E-state index contributed by atoms with van der Waals surface area (Å²) in [4.78, 5) is 25.9. The molecule has 0 aliphatic carbocycles. The van der Waals surface area contributed by atoms with Gasteiger partial charge in [-0.05, 0) is 68.1 Å². The highest BCUT2D eigenvalue weighted by Crippen LogP contribution is 2.32. The normalized spacial score (nSPS) is 10.6. The molecule has 2 aromatic carbocycles. The Morgan fingerprint density at radius 1 is 1.08 bits per heavy atom. The second-order valence-electron chi connectivity index (χ2n) is 8.29. The molecule has 4 aromatic rings. The fourth-order valence-electron chi connectivity index (χ4n) is 3.75. The number of halogens is 1. The third-order valence-corrected chi connectivity index (χ3v) is 5.58. The first-order valence-electron chi connectivity index (χ1n) is 11.6. The monoisotopic (exact) mass is 483 g/mol. The number of amides is 1. The highest BCUT2D eigenvalue weighted by molar-refractivity contribution is 5.89. The molecular weight excluding hydrogens is 457 g/mol. The molecule has 0 radical (unpaired) electrons. The number of aromatic nitrogens is 3. The van der Waals surface area contributed by atoms with Gasteiger partial charge in [-0.15, -0.1) is 12.3 Å². The maximum atomic E-state index is 14.7. The number of pyridine rings is 1. The molecule has 0 bridgehead atoms. The quantitative estimate of drug-likeness (QED) is 0.227. The van der Waals surface area contributed by atoms with Crippen molar-refractivity contribution in [2.24, 2.45) is 0 Å². The molecule has 2 N–H and O–H groups in total. The summed E-state index contributed by atoms with van der Waals surface area (Å²) in [6.07, 6.45) is 8.82. The van der Waals surface area contributed by atoms with Crippen LogP contribution in [-0.2, 0) is 0 Å². The summed E-state index contributed by atoms with van der Waals surface area (Å²) in [5, 5.41) is 6.43. The number of hydrogen-bond acceptors (Lipinski definition) is 6. The number of benzene rings is 2. The minimum Gasteiger partial charge on any atom is -0.410 e. The Labute approximate surface area is 209 Å². The number of fused-ring (bicyclic) bond motifs is 1. The van der Waals surface area contributed by atoms with Crippen LogP contribution < -0.4 is 15.4 Å². The second-order valence-corrected chi connectivity index (χ2v) is 8.29. The van der Waals surface area contributed by atoms with Crippen LogP contribution in [0.2, 0.25) is 0 Å². The van der Waals surface area contributed by atoms with E-state index >= 15 is 0 Å². The highest BCUT2D eigenvalue weighted by atomic mass is 19.1. The average Bonchev–Trinajstić information content (AvgIpc) is 2.86. The number of carbonyl (C=O) groups is 1. The molecule has 36 heavy (non-hydrogen) atoms. The third-order valence-electron chi connectivity index (χ3n) is 5.58. The van der Waals surface area contributed by atoms with Gasteiger partial charge in [0.15, 0.2) is 5.65 Å². The van der Waals surface area contributed by atoms with E-state index in [-0.39, 0.29) is 5.69 Å². The maximum absolute atomic E-state index is 14.7. The Morgan fingerprint density at radius 2 is 1.89 bits per heavy atom. The zero-order valence-corrected chi connectivity index (χ0v) is 20.1. The van der Waals surface area contributed by atoms with Crippen LogP contribution in [0.15, 0.2) is 54.7 Å². The van der Waals surface area contributed by atoms with E-state index in [1.54, 1.807) is 43.5 Å². The lowest BCUT2D eigenvalue weighted by Crippen LogP contribution is -2.17. The van der Waals surface area contributed by atoms with E-state index in [1.807, 2.05) is 19.1 Å². The van der Waals surface area contributed by atoms with Gasteiger partial charge in [-0.2, -0.15) is 4.98 Å². The minimum atomic E-state index is -0.781. The van der Waals surface area contributed by atoms with Crippen molar-refractivity contribution in [1.82, 2.24) is 15.0 Å². The number of aryl methyl sites for hydroxylation is 2. The number of hydrogen-bond donors (Lipinski definition) is 2. The number of unbranched alkanes of at least 4 members (excludes halogenated alkanes) is 2. The van der Waals surface area contributed by atoms with Gasteiger partial charge in [-0.1, -0.05) is 18.2 Å². The first kappa shape index (κ1) is 24.6. The Morgan fingerprint density at radius 3 is 2.67 bits per heavy atom. The number of nitrogens with zero attached hydrogens (tertiary/aromatic N) is 3. The molecule has 7 nitrogen and oxygen atoms in total. The van der Waals surface area contributed by atoms with Gasteiger partial charge < -0.3 is 10.1 Å². The van der Waals surface area contributed by atoms with Crippen molar-refractivity contribution in [2.45, 2.75) is 33.1 Å². The zero-order chi connectivity index (χ0) is 25.5. The Balaban J connectivity index is 1.56. The summed E-state index contributed by atoms with van der Waals surface area (Å²) < 4.78 is 19.9. The first-order chi connectivity index (χ1) is 17.4. The van der Waals surface area contributed by atoms with E-state index in [1.165, 1.54) is 6.07 Å². The molecule has 0 aliphatic rings. The molecule has 0 fully saturated rings. The van der Waals surface area contributed by atoms with E-state index in [2.05, 4.69) is 31.5 Å². The summed E-state index contributed by atoms with van der Waals surface area (Å²) in [5.74, 6) is 2.93. The van der Waals surface area contributed by atoms with Crippen molar-refractivity contribution < 1.29 is 13.9 Å². The number of ether oxygens (including phenoxy) is 1. The van der Waals surface area contributed by atoms with Gasteiger partial charge in [-0.25, -0.2) is 19.2 Å². The SMILES string of the molecule is C#CCCCCNc1ncc2cc(-c3cc(NC(=O)Oc4ccccc4)c(F)cc3C)c(C)nc2n1. The summed E-state index contributed by atoms with van der Waals surface area (Å²) in [7, 11) is 0. The van der Waals surface area contributed by atoms with E-state index in [0.717, 1.165) is 42.3 Å². The summed E-state index contributed by atoms with van der Waals surface area (Å²) in [6, 6.07) is 13.5. The largest absolute Gasteiger partial charge is 0.417 e. The Bertz CT molecular complexity index is 1430. The van der Waals surface area contributed by atoms with Crippen molar-refractivity contribution >= 4 is 28.8 Å². The van der Waals surface area contributed by atoms with Crippen LogP contribution in [0.25, 0.3) is 22.2 Å². The molecule has 8 heteroatoms. The molecule has 0 spiro atoms. The van der Waals surface area contributed by atoms with Crippen molar-refractivity contribution in [2.75, 3.05) is 17.2 Å². The van der Waals surface area contributed by atoms with E-state index in [0.29, 0.717) is 28.6 Å². The van der Waals surface area contributed by atoms with Crippen LogP contribution in [0.3, 0.4) is 0 Å². The van der Waals surface area contributed by atoms with Crippen LogP contribution in [0.5, 0.6) is 5.75 Å². The minimum absolute atomic E-state index is 0.0108. The van der Waals surface area contributed by atoms with Crippen LogP contribution in [0.1, 0.15) is 30.5 Å². The number of rotatable bonds is 8. The molecule has 0 atom stereocenters. The lowest BCUT2D eigenvalue weighted by Gasteiger charge is -2.14. The number of nitrogens with one attached hydrogen (secondary N) is 2. The number of carbonyl (C=O) groups excluding carboxylic acids is 1. The van der Waals surface area contributed by atoms with E-state index in [9.17, 15) is 9.18 Å². The fourth-order valence-corrected chi connectivity index (χ4v) is 3.75. The second kappa shape index (κ2) is 11.3. The van der Waals surface area contributed by atoms with Crippen molar-refractivity contribution in [3.8, 4) is 29.2 Å². The smallest absolute Gasteiger partial charge is 0.410 e. The van der Waals surface area contributed by atoms with Crippen molar-refractivity contribution in [1.29, 1.82) is 0 Å². The molecule has 0 unspecified atom stereocenters. The van der Waals surface area contributed by atoms with Gasteiger partial charge in [-0.3, -0.25) is 5.32 Å². The van der Waals surface area contributed by atoms with Crippen molar-refractivity contribution in [3.05, 3.63) is 71.8 Å². The lowest BCUT2D eigenvalue weighted by atomic mass is 9.97. The van der Waals surface area contributed by atoms with Crippen molar-refractivity contribution in [3.63, 3.8) is 0 Å². The van der Waals surface area contributed by atoms with Gasteiger partial charge >= 0.3 is 6.09 Å². The van der Waals surface area contributed by atoms with Gasteiger partial charge in [0.1, 0.15) is 11.6 Å². The number of terminal acetylenes is 1. The topological polar surface area (TPSA) is 89.0 Å². The summed E-state index contributed by atoms with van der Waals surface area (Å²) in [5.41, 5.74) is 3.50.